The van der Waals surface area contributed by atoms with E-state index in [9.17, 15) is 9.59 Å². The summed E-state index contributed by atoms with van der Waals surface area (Å²) in [7, 11) is 1.82. The highest BCUT2D eigenvalue weighted by Gasteiger charge is 2.19. The lowest BCUT2D eigenvalue weighted by molar-refractivity contribution is -0.124. The van der Waals surface area contributed by atoms with Gasteiger partial charge in [-0.3, -0.25) is 15.0 Å². The number of hydrogen-bond acceptors (Lipinski definition) is 3. The molecule has 0 radical (unpaired) electrons. The van der Waals surface area contributed by atoms with Crippen LogP contribution in [-0.4, -0.2) is 36.5 Å². The molecule has 110 valence electrons. The fourth-order valence-corrected chi connectivity index (χ4v) is 1.89. The molecule has 0 fully saturated rings. The summed E-state index contributed by atoms with van der Waals surface area (Å²) in [6.45, 7) is 4.59. The zero-order chi connectivity index (χ0) is 15.1. The molecule has 6 heteroatoms. The number of likely N-dealkylation sites (N-methyl/N-ethyl adjacent to an activating group) is 1. The van der Waals surface area contributed by atoms with Crippen LogP contribution in [0.2, 0.25) is 5.02 Å². The first kappa shape index (κ1) is 16.5. The van der Waals surface area contributed by atoms with Gasteiger partial charge in [-0.15, -0.1) is 0 Å². The highest BCUT2D eigenvalue weighted by atomic mass is 35.5. The van der Waals surface area contributed by atoms with E-state index in [1.807, 2.05) is 30.1 Å². The molecule has 1 unspecified atom stereocenters. The van der Waals surface area contributed by atoms with Gasteiger partial charge in [-0.2, -0.15) is 0 Å². The molecule has 0 saturated carbocycles. The van der Waals surface area contributed by atoms with Crippen molar-refractivity contribution in [2.24, 2.45) is 0 Å². The molecule has 1 rings (SSSR count). The minimum absolute atomic E-state index is 0.333. The Kier molecular flexibility index (Phi) is 6.48. The van der Waals surface area contributed by atoms with Crippen LogP contribution in [0.4, 0.5) is 4.79 Å². The molecule has 0 aliphatic carbocycles. The molecule has 0 bridgehead atoms. The van der Waals surface area contributed by atoms with Gasteiger partial charge in [-0.05, 0) is 38.6 Å². The average Bonchev–Trinajstić information content (AvgIpc) is 2.37. The normalized spacial score (nSPS) is 12.1. The van der Waals surface area contributed by atoms with Crippen LogP contribution >= 0.6 is 11.6 Å². The number of benzene rings is 1. The molecular formula is C14H20ClN3O2. The third-order valence-electron chi connectivity index (χ3n) is 2.94. The molecule has 2 N–H and O–H groups in total. The summed E-state index contributed by atoms with van der Waals surface area (Å²) < 4.78 is 0. The zero-order valence-electron chi connectivity index (χ0n) is 11.9. The minimum atomic E-state index is -0.472. The highest BCUT2D eigenvalue weighted by Crippen LogP contribution is 2.13. The topological polar surface area (TPSA) is 61.4 Å². The highest BCUT2D eigenvalue weighted by molar-refractivity contribution is 6.30. The molecule has 1 aromatic carbocycles. The van der Waals surface area contributed by atoms with Gasteiger partial charge in [0.25, 0.3) is 0 Å². The van der Waals surface area contributed by atoms with Crippen molar-refractivity contribution < 1.29 is 9.59 Å². The van der Waals surface area contributed by atoms with Gasteiger partial charge in [-0.1, -0.05) is 23.7 Å². The maximum absolute atomic E-state index is 11.9. The van der Waals surface area contributed by atoms with Crippen LogP contribution in [0.25, 0.3) is 0 Å². The van der Waals surface area contributed by atoms with Crippen molar-refractivity contribution in [1.82, 2.24) is 15.5 Å². The summed E-state index contributed by atoms with van der Waals surface area (Å²) in [4.78, 5) is 25.0. The first-order valence-electron chi connectivity index (χ1n) is 6.47. The second-order valence-electron chi connectivity index (χ2n) is 4.57. The van der Waals surface area contributed by atoms with E-state index < -0.39 is 12.1 Å². The van der Waals surface area contributed by atoms with Gasteiger partial charge in [0.2, 0.25) is 5.91 Å². The number of amides is 3. The van der Waals surface area contributed by atoms with E-state index in [-0.39, 0.29) is 5.91 Å². The Morgan fingerprint density at radius 2 is 2.10 bits per heavy atom. The van der Waals surface area contributed by atoms with Crippen molar-refractivity contribution in [3.63, 3.8) is 0 Å². The molecule has 20 heavy (non-hydrogen) atoms. The fraction of sp³-hybridized carbons (Fsp3) is 0.429. The van der Waals surface area contributed by atoms with E-state index in [4.69, 9.17) is 11.6 Å². The fourth-order valence-electron chi connectivity index (χ4n) is 1.68. The van der Waals surface area contributed by atoms with Crippen LogP contribution < -0.4 is 10.6 Å². The van der Waals surface area contributed by atoms with Gasteiger partial charge in [0.1, 0.15) is 0 Å². The summed E-state index contributed by atoms with van der Waals surface area (Å²) in [5, 5.41) is 5.48. The SMILES string of the molecule is CCNC(=O)NC(=O)C(C)N(C)Cc1cccc(Cl)c1. The van der Waals surface area contributed by atoms with Crippen LogP contribution in [0.5, 0.6) is 0 Å². The second-order valence-corrected chi connectivity index (χ2v) is 5.01. The minimum Gasteiger partial charge on any atom is -0.338 e. The number of nitrogens with zero attached hydrogens (tertiary/aromatic N) is 1. The molecule has 0 heterocycles. The number of carbonyl (C=O) groups excluding carboxylic acids is 2. The standard InChI is InChI=1S/C14H20ClN3O2/c1-4-16-14(20)17-13(19)10(2)18(3)9-11-6-5-7-12(15)8-11/h5-8,10H,4,9H2,1-3H3,(H2,16,17,19,20). The van der Waals surface area contributed by atoms with Gasteiger partial charge in [0, 0.05) is 18.1 Å². The quantitative estimate of drug-likeness (QED) is 0.874. The first-order valence-corrected chi connectivity index (χ1v) is 6.85. The summed E-state index contributed by atoms with van der Waals surface area (Å²) in [6, 6.07) is 6.57. The van der Waals surface area contributed by atoms with E-state index in [1.165, 1.54) is 0 Å². The maximum atomic E-state index is 11.9. The molecule has 5 nitrogen and oxygen atoms in total. The van der Waals surface area contributed by atoms with Crippen molar-refractivity contribution in [2.45, 2.75) is 26.4 Å². The number of urea groups is 1. The van der Waals surface area contributed by atoms with Crippen molar-refractivity contribution in [3.05, 3.63) is 34.9 Å². The molecule has 0 aromatic heterocycles. The van der Waals surface area contributed by atoms with E-state index in [2.05, 4.69) is 10.6 Å². The summed E-state index contributed by atoms with van der Waals surface area (Å²) >= 11 is 5.92. The average molecular weight is 298 g/mol. The van der Waals surface area contributed by atoms with Crippen molar-refractivity contribution in [1.29, 1.82) is 0 Å². The summed E-state index contributed by atoms with van der Waals surface area (Å²) in [5.74, 6) is -0.333. The van der Waals surface area contributed by atoms with Crippen molar-refractivity contribution in [3.8, 4) is 0 Å². The summed E-state index contributed by atoms with van der Waals surface area (Å²) in [5.41, 5.74) is 1.01. The Morgan fingerprint density at radius 1 is 1.40 bits per heavy atom. The van der Waals surface area contributed by atoms with Crippen molar-refractivity contribution >= 4 is 23.5 Å². The number of hydrogen-bond donors (Lipinski definition) is 2. The van der Waals surface area contributed by atoms with Crippen LogP contribution in [0.3, 0.4) is 0 Å². The molecule has 0 spiro atoms. The maximum Gasteiger partial charge on any atom is 0.321 e. The van der Waals surface area contributed by atoms with Crippen LogP contribution in [0, 0.1) is 0 Å². The summed E-state index contributed by atoms with van der Waals surface area (Å²) in [6.07, 6.45) is 0. The zero-order valence-corrected chi connectivity index (χ0v) is 12.7. The van der Waals surface area contributed by atoms with Gasteiger partial charge >= 0.3 is 6.03 Å². The molecule has 1 atom stereocenters. The third-order valence-corrected chi connectivity index (χ3v) is 3.17. The Morgan fingerprint density at radius 3 is 2.70 bits per heavy atom. The number of rotatable bonds is 5. The molecule has 1 aromatic rings. The number of imide groups is 1. The van der Waals surface area contributed by atoms with E-state index in [0.717, 1.165) is 5.56 Å². The first-order chi connectivity index (χ1) is 9.43. The van der Waals surface area contributed by atoms with Gasteiger partial charge in [0.05, 0.1) is 6.04 Å². The lowest BCUT2D eigenvalue weighted by Gasteiger charge is -2.23. The predicted molar refractivity (Wildman–Crippen MR) is 79.6 cm³/mol. The number of nitrogens with one attached hydrogen (secondary N) is 2. The third kappa shape index (κ3) is 5.19. The van der Waals surface area contributed by atoms with Gasteiger partial charge in [-0.25, -0.2) is 4.79 Å². The second kappa shape index (κ2) is 7.87. The van der Waals surface area contributed by atoms with Crippen LogP contribution in [0.1, 0.15) is 19.4 Å². The van der Waals surface area contributed by atoms with Gasteiger partial charge < -0.3 is 5.32 Å². The molecule has 0 aliphatic rings. The molecule has 0 saturated heterocycles. The van der Waals surface area contributed by atoms with E-state index in [1.54, 1.807) is 19.9 Å². The molecule has 3 amide bonds. The lowest BCUT2D eigenvalue weighted by atomic mass is 10.2. The van der Waals surface area contributed by atoms with Crippen molar-refractivity contribution in [2.75, 3.05) is 13.6 Å². The van der Waals surface area contributed by atoms with E-state index >= 15 is 0 Å². The van der Waals surface area contributed by atoms with Crippen LogP contribution in [0.15, 0.2) is 24.3 Å². The Hall–Kier alpha value is -1.59. The predicted octanol–water partition coefficient (Wildman–Crippen LogP) is 2.01. The number of carbonyl (C=O) groups is 2. The van der Waals surface area contributed by atoms with E-state index in [0.29, 0.717) is 18.1 Å². The van der Waals surface area contributed by atoms with Crippen LogP contribution in [-0.2, 0) is 11.3 Å². The smallest absolute Gasteiger partial charge is 0.321 e. The Balaban J connectivity index is 2.55. The Bertz CT molecular complexity index is 479. The lowest BCUT2D eigenvalue weighted by Crippen LogP contribution is -2.48. The van der Waals surface area contributed by atoms with Gasteiger partial charge in [0.15, 0.2) is 0 Å². The molecule has 0 aliphatic heterocycles. The largest absolute Gasteiger partial charge is 0.338 e. The number of halogens is 1. The monoisotopic (exact) mass is 297 g/mol. The molecular weight excluding hydrogens is 278 g/mol. The Labute approximate surface area is 124 Å².